The van der Waals surface area contributed by atoms with Crippen LogP contribution in [0.25, 0.3) is 0 Å². The Kier molecular flexibility index (Phi) is 4.69. The molecule has 0 unspecified atom stereocenters. The van der Waals surface area contributed by atoms with Crippen LogP contribution in [0, 0.1) is 26.0 Å². The highest BCUT2D eigenvalue weighted by Crippen LogP contribution is 2.26. The number of nitro benzene ring substituents is 2. The molecule has 9 heteroatoms. The van der Waals surface area contributed by atoms with Crippen LogP contribution in [-0.4, -0.2) is 17.0 Å². The maximum absolute atomic E-state index is 13.3. The molecule has 1 N–H and O–H groups in total. The van der Waals surface area contributed by atoms with Gasteiger partial charge in [0.2, 0.25) is 5.82 Å². The number of nitro groups is 2. The van der Waals surface area contributed by atoms with Crippen molar-refractivity contribution in [2.75, 3.05) is 12.4 Å². The minimum absolute atomic E-state index is 0.104. The van der Waals surface area contributed by atoms with Crippen LogP contribution in [0.2, 0.25) is 0 Å². The Bertz CT molecular complexity index is 766. The first-order valence-electron chi connectivity index (χ1n) is 6.41. The number of nitrogens with one attached hydrogen (secondary N) is 1. The van der Waals surface area contributed by atoms with Crippen molar-refractivity contribution in [3.8, 4) is 5.75 Å². The van der Waals surface area contributed by atoms with Gasteiger partial charge in [-0.3, -0.25) is 20.2 Å². The van der Waals surface area contributed by atoms with E-state index in [-0.39, 0.29) is 12.2 Å². The molecule has 0 heterocycles. The molecule has 0 aliphatic carbocycles. The number of benzene rings is 2. The first-order valence-corrected chi connectivity index (χ1v) is 6.41. The summed E-state index contributed by atoms with van der Waals surface area (Å²) in [6.45, 7) is 0.119. The summed E-state index contributed by atoms with van der Waals surface area (Å²) in [7, 11) is 1.42. The Morgan fingerprint density at radius 3 is 2.48 bits per heavy atom. The molecule has 120 valence electrons. The number of nitrogens with zero attached hydrogens (tertiary/aromatic N) is 2. The van der Waals surface area contributed by atoms with E-state index in [0.717, 1.165) is 12.1 Å². The van der Waals surface area contributed by atoms with E-state index in [4.69, 9.17) is 4.74 Å². The Morgan fingerprint density at radius 1 is 1.13 bits per heavy atom. The standard InChI is InChI=1S/C14H12FN3O5/c1-23-14-5-3-11(17(19)20)6-9(14)8-16-10-2-4-12(15)13(7-10)18(21)22/h2-7,16H,8H2,1H3. The Labute approximate surface area is 129 Å². The largest absolute Gasteiger partial charge is 0.496 e. The molecule has 8 nitrogen and oxygen atoms in total. The zero-order valence-corrected chi connectivity index (χ0v) is 12.0. The summed E-state index contributed by atoms with van der Waals surface area (Å²) in [4.78, 5) is 20.2. The van der Waals surface area contributed by atoms with E-state index < -0.39 is 21.4 Å². The van der Waals surface area contributed by atoms with Gasteiger partial charge in [0.15, 0.2) is 0 Å². The summed E-state index contributed by atoms with van der Waals surface area (Å²) >= 11 is 0. The average Bonchev–Trinajstić information content (AvgIpc) is 2.53. The number of methoxy groups -OCH3 is 1. The lowest BCUT2D eigenvalue weighted by Crippen LogP contribution is -2.03. The number of ether oxygens (including phenoxy) is 1. The fourth-order valence-corrected chi connectivity index (χ4v) is 1.98. The normalized spacial score (nSPS) is 10.2. The Morgan fingerprint density at radius 2 is 1.87 bits per heavy atom. The van der Waals surface area contributed by atoms with Crippen LogP contribution < -0.4 is 10.1 Å². The fraction of sp³-hybridized carbons (Fsp3) is 0.143. The van der Waals surface area contributed by atoms with Crippen LogP contribution in [0.5, 0.6) is 5.75 Å². The smallest absolute Gasteiger partial charge is 0.306 e. The molecule has 2 aromatic carbocycles. The molecular weight excluding hydrogens is 309 g/mol. The van der Waals surface area contributed by atoms with E-state index in [0.29, 0.717) is 17.0 Å². The molecule has 0 amide bonds. The van der Waals surface area contributed by atoms with Crippen molar-refractivity contribution < 1.29 is 19.0 Å². The van der Waals surface area contributed by atoms with Gasteiger partial charge in [-0.15, -0.1) is 0 Å². The van der Waals surface area contributed by atoms with Crippen molar-refractivity contribution in [3.63, 3.8) is 0 Å². The third kappa shape index (κ3) is 3.70. The maximum atomic E-state index is 13.3. The average molecular weight is 321 g/mol. The quantitative estimate of drug-likeness (QED) is 0.646. The molecule has 2 aromatic rings. The van der Waals surface area contributed by atoms with E-state index in [2.05, 4.69) is 5.32 Å². The predicted molar refractivity (Wildman–Crippen MR) is 80.0 cm³/mol. The first kappa shape index (κ1) is 16.1. The number of rotatable bonds is 6. The van der Waals surface area contributed by atoms with E-state index in [1.54, 1.807) is 0 Å². The minimum Gasteiger partial charge on any atom is -0.496 e. The second-order valence-corrected chi connectivity index (χ2v) is 4.53. The third-order valence-corrected chi connectivity index (χ3v) is 3.10. The van der Waals surface area contributed by atoms with Gasteiger partial charge in [0.05, 0.1) is 17.0 Å². The van der Waals surface area contributed by atoms with Crippen LogP contribution in [0.15, 0.2) is 36.4 Å². The molecule has 2 rings (SSSR count). The summed E-state index contributed by atoms with van der Waals surface area (Å²) in [5.41, 5.74) is 0.0500. The lowest BCUT2D eigenvalue weighted by molar-refractivity contribution is -0.387. The fourth-order valence-electron chi connectivity index (χ4n) is 1.98. The number of anilines is 1. The van der Waals surface area contributed by atoms with E-state index in [1.165, 1.54) is 31.4 Å². The van der Waals surface area contributed by atoms with Crippen molar-refractivity contribution in [3.05, 3.63) is 68.0 Å². The highest BCUT2D eigenvalue weighted by Gasteiger charge is 2.15. The summed E-state index contributed by atoms with van der Waals surface area (Å²) in [5.74, 6) is -0.506. The number of hydrogen-bond acceptors (Lipinski definition) is 6. The Balaban J connectivity index is 2.23. The minimum atomic E-state index is -0.937. The summed E-state index contributed by atoms with van der Waals surface area (Å²) in [5, 5.41) is 24.4. The van der Waals surface area contributed by atoms with Gasteiger partial charge in [0.1, 0.15) is 5.75 Å². The monoisotopic (exact) mass is 321 g/mol. The van der Waals surface area contributed by atoms with Gasteiger partial charge in [0, 0.05) is 36.0 Å². The van der Waals surface area contributed by atoms with Gasteiger partial charge in [-0.2, -0.15) is 4.39 Å². The highest BCUT2D eigenvalue weighted by atomic mass is 19.1. The van der Waals surface area contributed by atoms with Crippen LogP contribution in [0.4, 0.5) is 21.5 Å². The van der Waals surface area contributed by atoms with Crippen molar-refractivity contribution >= 4 is 17.1 Å². The molecule has 0 atom stereocenters. The summed E-state index contributed by atoms with van der Waals surface area (Å²) in [6.07, 6.45) is 0. The maximum Gasteiger partial charge on any atom is 0.306 e. The molecule has 0 spiro atoms. The molecular formula is C14H12FN3O5. The van der Waals surface area contributed by atoms with Gasteiger partial charge in [0.25, 0.3) is 5.69 Å². The van der Waals surface area contributed by atoms with Crippen molar-refractivity contribution in [2.24, 2.45) is 0 Å². The summed E-state index contributed by atoms with van der Waals surface area (Å²) < 4.78 is 18.4. The van der Waals surface area contributed by atoms with Crippen LogP contribution in [0.3, 0.4) is 0 Å². The van der Waals surface area contributed by atoms with Crippen LogP contribution in [0.1, 0.15) is 5.56 Å². The van der Waals surface area contributed by atoms with Gasteiger partial charge < -0.3 is 10.1 Å². The topological polar surface area (TPSA) is 108 Å². The van der Waals surface area contributed by atoms with Gasteiger partial charge in [-0.25, -0.2) is 0 Å². The predicted octanol–water partition coefficient (Wildman–Crippen LogP) is 3.26. The molecule has 0 radical (unpaired) electrons. The second kappa shape index (κ2) is 6.69. The first-order chi connectivity index (χ1) is 10.9. The van der Waals surface area contributed by atoms with E-state index in [1.807, 2.05) is 0 Å². The van der Waals surface area contributed by atoms with Crippen molar-refractivity contribution in [2.45, 2.75) is 6.54 Å². The van der Waals surface area contributed by atoms with Crippen molar-refractivity contribution in [1.82, 2.24) is 0 Å². The molecule has 0 saturated carbocycles. The molecule has 0 aliphatic heterocycles. The van der Waals surface area contributed by atoms with Gasteiger partial charge in [-0.05, 0) is 18.2 Å². The number of non-ortho nitro benzene ring substituents is 1. The van der Waals surface area contributed by atoms with Crippen LogP contribution >= 0.6 is 0 Å². The zero-order chi connectivity index (χ0) is 17.0. The van der Waals surface area contributed by atoms with Crippen LogP contribution in [-0.2, 0) is 6.54 Å². The van der Waals surface area contributed by atoms with Crippen molar-refractivity contribution in [1.29, 1.82) is 0 Å². The third-order valence-electron chi connectivity index (χ3n) is 3.10. The molecule has 0 bridgehead atoms. The number of halogens is 1. The van der Waals surface area contributed by atoms with Gasteiger partial charge in [-0.1, -0.05) is 0 Å². The SMILES string of the molecule is COc1ccc([N+](=O)[O-])cc1CNc1ccc(F)c([N+](=O)[O-])c1. The zero-order valence-electron chi connectivity index (χ0n) is 12.0. The van der Waals surface area contributed by atoms with E-state index in [9.17, 15) is 24.6 Å². The number of hydrogen-bond donors (Lipinski definition) is 1. The lowest BCUT2D eigenvalue weighted by atomic mass is 10.1. The second-order valence-electron chi connectivity index (χ2n) is 4.53. The molecule has 0 aromatic heterocycles. The molecule has 0 aliphatic rings. The summed E-state index contributed by atoms with van der Waals surface area (Å²) in [6, 6.07) is 7.48. The molecule has 0 fully saturated rings. The molecule has 23 heavy (non-hydrogen) atoms. The lowest BCUT2D eigenvalue weighted by Gasteiger charge is -2.10. The Hall–Kier alpha value is -3.23. The van der Waals surface area contributed by atoms with E-state index >= 15 is 0 Å². The highest BCUT2D eigenvalue weighted by molar-refractivity contribution is 5.53. The molecule has 0 saturated heterocycles. The van der Waals surface area contributed by atoms with Gasteiger partial charge >= 0.3 is 5.69 Å².